The number of para-hydroxylation sites is 2. The number of aliphatic hydroxyl groups is 2. The van der Waals surface area contributed by atoms with E-state index in [1.54, 1.807) is 6.07 Å². The second kappa shape index (κ2) is 14.8. The number of ketones is 1. The molecule has 0 aromatic heterocycles. The van der Waals surface area contributed by atoms with Crippen LogP contribution in [0.2, 0.25) is 0 Å². The summed E-state index contributed by atoms with van der Waals surface area (Å²) in [7, 11) is 0. The second-order valence-corrected chi connectivity index (χ2v) is 15.4. The molecule has 6 heteroatoms. The number of carbonyl (C=O) groups is 1. The number of allylic oxidation sites excluding steroid dienone is 2. The first-order chi connectivity index (χ1) is 24.6. The van der Waals surface area contributed by atoms with Gasteiger partial charge >= 0.3 is 0 Å². The number of carbonyl (C=O) groups excluding carboxylic acids is 1. The van der Waals surface area contributed by atoms with E-state index >= 15 is 0 Å². The molecule has 1 saturated carbocycles. The van der Waals surface area contributed by atoms with Crippen LogP contribution < -0.4 is 4.90 Å². The first-order valence-electron chi connectivity index (χ1n) is 18.8. The van der Waals surface area contributed by atoms with E-state index in [0.717, 1.165) is 79.8 Å². The standard InChI is InChI=1S/C45H52N2O4/c1-32-11-10-23-44(2)40(22-24-45(44,51)31-46-25-27-47(28-26-46)41-16-8-9-17-42(41)49)37-21-19-33(29-35(48)20-18-32)30-39(37)43(50)38-15-7-6-14-36(38)34-12-4-3-5-13-34/h3-9,11-17,19,21,30,35,40,48-49,51H,10,18,20,22-29,31H2,1-2H3/t35-,40-,44-,45+/m0/s1. The van der Waals surface area contributed by atoms with E-state index in [9.17, 15) is 20.1 Å². The van der Waals surface area contributed by atoms with Gasteiger partial charge < -0.3 is 20.2 Å². The predicted molar refractivity (Wildman–Crippen MR) is 205 cm³/mol. The van der Waals surface area contributed by atoms with Crippen molar-refractivity contribution in [2.45, 2.75) is 76.4 Å². The molecule has 0 amide bonds. The van der Waals surface area contributed by atoms with Crippen LogP contribution in [0.1, 0.15) is 85.3 Å². The number of fused-ring (bicyclic) bond motifs is 8. The third kappa shape index (κ3) is 7.15. The number of benzene rings is 4. The van der Waals surface area contributed by atoms with Gasteiger partial charge in [0, 0.05) is 49.3 Å². The van der Waals surface area contributed by atoms with Gasteiger partial charge in [0.15, 0.2) is 5.78 Å². The summed E-state index contributed by atoms with van der Waals surface area (Å²) in [5, 5.41) is 34.4. The Labute approximate surface area is 303 Å². The number of aliphatic hydroxyl groups excluding tert-OH is 1. The highest BCUT2D eigenvalue weighted by Crippen LogP contribution is 2.59. The fourth-order valence-electron chi connectivity index (χ4n) is 9.14. The zero-order valence-corrected chi connectivity index (χ0v) is 30.1. The van der Waals surface area contributed by atoms with Crippen molar-refractivity contribution < 1.29 is 20.1 Å². The van der Waals surface area contributed by atoms with Crippen LogP contribution in [-0.2, 0) is 6.42 Å². The third-order valence-electron chi connectivity index (χ3n) is 12.3. The largest absolute Gasteiger partial charge is 0.506 e. The first kappa shape index (κ1) is 35.2. The number of anilines is 1. The summed E-state index contributed by atoms with van der Waals surface area (Å²) in [5.41, 5.74) is 5.91. The fourth-order valence-corrected chi connectivity index (χ4v) is 9.14. The Morgan fingerprint density at radius 2 is 1.57 bits per heavy atom. The Kier molecular flexibility index (Phi) is 10.2. The predicted octanol–water partition coefficient (Wildman–Crippen LogP) is 8.15. The summed E-state index contributed by atoms with van der Waals surface area (Å²) in [6.45, 7) is 8.15. The molecular formula is C45H52N2O4. The van der Waals surface area contributed by atoms with Crippen LogP contribution in [-0.4, -0.2) is 70.4 Å². The van der Waals surface area contributed by atoms with Crippen LogP contribution >= 0.6 is 0 Å². The minimum Gasteiger partial charge on any atom is -0.506 e. The maximum absolute atomic E-state index is 14.9. The number of aromatic hydroxyl groups is 1. The van der Waals surface area contributed by atoms with E-state index in [4.69, 9.17) is 0 Å². The Morgan fingerprint density at radius 1 is 0.843 bits per heavy atom. The van der Waals surface area contributed by atoms with Crippen LogP contribution in [0.4, 0.5) is 5.69 Å². The van der Waals surface area contributed by atoms with Crippen molar-refractivity contribution in [2.24, 2.45) is 5.41 Å². The van der Waals surface area contributed by atoms with Crippen LogP contribution in [0.3, 0.4) is 0 Å². The maximum Gasteiger partial charge on any atom is 0.193 e. The average Bonchev–Trinajstić information content (AvgIpc) is 3.39. The van der Waals surface area contributed by atoms with E-state index in [-0.39, 0.29) is 11.7 Å². The first-order valence-corrected chi connectivity index (χ1v) is 18.8. The van der Waals surface area contributed by atoms with Gasteiger partial charge in [-0.25, -0.2) is 0 Å². The van der Waals surface area contributed by atoms with Gasteiger partial charge in [-0.3, -0.25) is 9.69 Å². The molecule has 1 saturated heterocycles. The normalized spacial score (nSPS) is 26.0. The molecule has 1 heterocycles. The molecule has 0 unspecified atom stereocenters. The summed E-state index contributed by atoms with van der Waals surface area (Å²) in [6.07, 6.45) is 6.86. The molecule has 4 aromatic carbocycles. The molecule has 266 valence electrons. The number of rotatable bonds is 6. The lowest BCUT2D eigenvalue weighted by atomic mass is 9.64. The molecule has 0 spiro atoms. The van der Waals surface area contributed by atoms with Crippen molar-refractivity contribution in [2.75, 3.05) is 37.6 Å². The van der Waals surface area contributed by atoms with E-state index in [2.05, 4.69) is 41.9 Å². The smallest absolute Gasteiger partial charge is 0.193 e. The minimum atomic E-state index is -0.954. The lowest BCUT2D eigenvalue weighted by molar-refractivity contribution is -0.0841. The Bertz CT molecular complexity index is 1880. The number of phenolic OH excluding ortho intramolecular Hbond substituents is 1. The van der Waals surface area contributed by atoms with E-state index in [1.807, 2.05) is 78.9 Å². The molecule has 3 aliphatic carbocycles. The highest BCUT2D eigenvalue weighted by molar-refractivity contribution is 6.13. The number of β-amino-alcohol motifs (C(OH)–C–C–N with tert-alkyl or cyclic N) is 1. The summed E-state index contributed by atoms with van der Waals surface area (Å²) in [4.78, 5) is 19.5. The summed E-state index contributed by atoms with van der Waals surface area (Å²) in [5.74, 6) is 0.265. The van der Waals surface area contributed by atoms with Crippen molar-refractivity contribution in [3.63, 3.8) is 0 Å². The molecule has 0 radical (unpaired) electrons. The number of piperazine rings is 1. The van der Waals surface area contributed by atoms with Crippen LogP contribution in [0.25, 0.3) is 11.1 Å². The lowest BCUT2D eigenvalue weighted by Crippen LogP contribution is -2.56. The number of nitrogens with zero attached hydrogens (tertiary/aromatic N) is 2. The van der Waals surface area contributed by atoms with Crippen molar-refractivity contribution in [3.05, 3.63) is 131 Å². The van der Waals surface area contributed by atoms with Crippen molar-refractivity contribution in [1.82, 2.24) is 4.90 Å². The fraction of sp³-hybridized carbons (Fsp3) is 0.400. The zero-order chi connectivity index (χ0) is 35.6. The highest BCUT2D eigenvalue weighted by Gasteiger charge is 2.57. The van der Waals surface area contributed by atoms with Crippen LogP contribution in [0.15, 0.2) is 109 Å². The van der Waals surface area contributed by atoms with Gasteiger partial charge in [0.25, 0.3) is 0 Å². The molecule has 3 N–H and O–H groups in total. The molecule has 6 nitrogen and oxygen atoms in total. The van der Waals surface area contributed by atoms with E-state index in [1.165, 1.54) is 5.57 Å². The van der Waals surface area contributed by atoms with Gasteiger partial charge in [-0.05, 0) is 98.2 Å². The molecule has 4 atom stereocenters. The van der Waals surface area contributed by atoms with Crippen molar-refractivity contribution in [1.29, 1.82) is 0 Å². The highest BCUT2D eigenvalue weighted by atomic mass is 16.3. The van der Waals surface area contributed by atoms with Gasteiger partial charge in [0.1, 0.15) is 5.75 Å². The van der Waals surface area contributed by atoms with Crippen molar-refractivity contribution in [3.8, 4) is 16.9 Å². The van der Waals surface area contributed by atoms with Gasteiger partial charge in [-0.1, -0.05) is 97.4 Å². The number of phenols is 1. The summed E-state index contributed by atoms with van der Waals surface area (Å²) in [6, 6.07) is 31.7. The number of hydrogen-bond acceptors (Lipinski definition) is 6. The minimum absolute atomic E-state index is 0.0123. The topological polar surface area (TPSA) is 84.2 Å². The van der Waals surface area contributed by atoms with E-state index < -0.39 is 17.1 Å². The van der Waals surface area contributed by atoms with Gasteiger partial charge in [0.2, 0.25) is 0 Å². The number of hydrogen-bond donors (Lipinski definition) is 3. The summed E-state index contributed by atoms with van der Waals surface area (Å²) < 4.78 is 0. The molecule has 2 bridgehead atoms. The summed E-state index contributed by atoms with van der Waals surface area (Å²) >= 11 is 0. The Morgan fingerprint density at radius 3 is 2.35 bits per heavy atom. The molecule has 2 fully saturated rings. The zero-order valence-electron chi connectivity index (χ0n) is 30.1. The quantitative estimate of drug-likeness (QED) is 0.141. The van der Waals surface area contributed by atoms with Crippen molar-refractivity contribution >= 4 is 11.5 Å². The average molecular weight is 685 g/mol. The molecule has 1 aliphatic heterocycles. The van der Waals surface area contributed by atoms with Crippen LogP contribution in [0.5, 0.6) is 5.75 Å². The Hall–Kier alpha value is -4.23. The van der Waals surface area contributed by atoms with Gasteiger partial charge in [-0.15, -0.1) is 0 Å². The van der Waals surface area contributed by atoms with Crippen LogP contribution in [0, 0.1) is 5.41 Å². The van der Waals surface area contributed by atoms with E-state index in [0.29, 0.717) is 42.7 Å². The Balaban J connectivity index is 1.25. The van der Waals surface area contributed by atoms with Gasteiger partial charge in [0.05, 0.1) is 17.4 Å². The second-order valence-electron chi connectivity index (χ2n) is 15.4. The monoisotopic (exact) mass is 684 g/mol. The molecular weight excluding hydrogens is 633 g/mol. The van der Waals surface area contributed by atoms with Gasteiger partial charge in [-0.2, -0.15) is 0 Å². The molecule has 51 heavy (non-hydrogen) atoms. The SMILES string of the molecule is CC1=CCC[C@@]2(C)[C@@H](CC[C@@]2(O)CN2CCN(c3ccccc3O)CC2)c2ccc(cc2C(=O)c2ccccc2-c2ccccc2)C[C@@H](O)CC1. The molecule has 8 rings (SSSR count). The maximum atomic E-state index is 14.9. The molecule has 4 aliphatic rings. The lowest BCUT2D eigenvalue weighted by Gasteiger charge is -2.47. The molecule has 4 aromatic rings. The third-order valence-corrected chi connectivity index (χ3v) is 12.3.